The average molecular weight is 312 g/mol. The highest BCUT2D eigenvalue weighted by atomic mass is 35.5. The maximum absolute atomic E-state index is 11.6. The summed E-state index contributed by atoms with van der Waals surface area (Å²) in [5.41, 5.74) is 3.50. The molecule has 0 fully saturated rings. The number of rotatable bonds is 7. The Balaban J connectivity index is 2.37. The van der Waals surface area contributed by atoms with Crippen LogP contribution in [0.4, 0.5) is 5.69 Å². The van der Waals surface area contributed by atoms with Gasteiger partial charge in [0.25, 0.3) is 5.91 Å². The zero-order valence-corrected chi connectivity index (χ0v) is 12.7. The standard InChI is InChI=1S/C14H18ClN3O3/c1-3-21-14(20)8-10(2)17-18-13(19)9-16-12-7-5-4-6-11(12)15/h4-7,16H,3,8-9H2,1-2H3,(H,18,19)/b17-10+. The van der Waals surface area contributed by atoms with Gasteiger partial charge in [-0.15, -0.1) is 0 Å². The Labute approximate surface area is 128 Å². The SMILES string of the molecule is CCOC(=O)C/C(C)=N/NC(=O)CNc1ccccc1Cl. The van der Waals surface area contributed by atoms with Crippen LogP contribution < -0.4 is 10.7 Å². The minimum absolute atomic E-state index is 0.0277. The van der Waals surface area contributed by atoms with Crippen LogP contribution in [0.3, 0.4) is 0 Å². The average Bonchev–Trinajstić information content (AvgIpc) is 2.44. The normalized spacial score (nSPS) is 10.9. The van der Waals surface area contributed by atoms with Crippen molar-refractivity contribution in [2.75, 3.05) is 18.5 Å². The number of halogens is 1. The molecule has 0 unspecified atom stereocenters. The number of anilines is 1. The summed E-state index contributed by atoms with van der Waals surface area (Å²) in [5.74, 6) is -0.708. The first-order valence-electron chi connectivity index (χ1n) is 6.49. The fourth-order valence-corrected chi connectivity index (χ4v) is 1.64. The zero-order valence-electron chi connectivity index (χ0n) is 12.0. The highest BCUT2D eigenvalue weighted by Crippen LogP contribution is 2.19. The van der Waals surface area contributed by atoms with Gasteiger partial charge in [0.2, 0.25) is 0 Å². The molecule has 7 heteroatoms. The van der Waals surface area contributed by atoms with Crippen molar-refractivity contribution >= 4 is 34.9 Å². The van der Waals surface area contributed by atoms with E-state index in [0.29, 0.717) is 23.0 Å². The van der Waals surface area contributed by atoms with Crippen molar-refractivity contribution in [1.29, 1.82) is 0 Å². The van der Waals surface area contributed by atoms with Crippen LogP contribution >= 0.6 is 11.6 Å². The zero-order chi connectivity index (χ0) is 15.7. The molecule has 0 aliphatic carbocycles. The molecule has 21 heavy (non-hydrogen) atoms. The second-order valence-electron chi connectivity index (χ2n) is 4.20. The lowest BCUT2D eigenvalue weighted by Crippen LogP contribution is -2.27. The first kappa shape index (κ1) is 17.0. The Morgan fingerprint density at radius 3 is 2.71 bits per heavy atom. The van der Waals surface area contributed by atoms with E-state index >= 15 is 0 Å². The van der Waals surface area contributed by atoms with E-state index in [-0.39, 0.29) is 24.8 Å². The van der Waals surface area contributed by atoms with Gasteiger partial charge in [-0.2, -0.15) is 5.10 Å². The molecule has 1 amide bonds. The topological polar surface area (TPSA) is 79.8 Å². The minimum atomic E-state index is -0.373. The molecule has 1 aromatic carbocycles. The maximum Gasteiger partial charge on any atom is 0.311 e. The van der Waals surface area contributed by atoms with Gasteiger partial charge < -0.3 is 10.1 Å². The van der Waals surface area contributed by atoms with E-state index in [9.17, 15) is 9.59 Å². The van der Waals surface area contributed by atoms with Gasteiger partial charge in [0.05, 0.1) is 30.3 Å². The first-order chi connectivity index (χ1) is 10.0. The summed E-state index contributed by atoms with van der Waals surface area (Å²) >= 11 is 5.95. The maximum atomic E-state index is 11.6. The Morgan fingerprint density at radius 2 is 2.05 bits per heavy atom. The third-order valence-electron chi connectivity index (χ3n) is 2.39. The van der Waals surface area contributed by atoms with Crippen molar-refractivity contribution in [1.82, 2.24) is 5.43 Å². The number of benzene rings is 1. The van der Waals surface area contributed by atoms with E-state index < -0.39 is 0 Å². The van der Waals surface area contributed by atoms with E-state index in [4.69, 9.17) is 16.3 Å². The van der Waals surface area contributed by atoms with Gasteiger partial charge in [0.15, 0.2) is 0 Å². The summed E-state index contributed by atoms with van der Waals surface area (Å²) in [6.07, 6.45) is 0.0477. The van der Waals surface area contributed by atoms with Crippen molar-refractivity contribution in [3.63, 3.8) is 0 Å². The van der Waals surface area contributed by atoms with Gasteiger partial charge in [0, 0.05) is 5.71 Å². The number of carbonyl (C=O) groups excluding carboxylic acids is 2. The smallest absolute Gasteiger partial charge is 0.311 e. The summed E-state index contributed by atoms with van der Waals surface area (Å²) in [5, 5.41) is 7.25. The highest BCUT2D eigenvalue weighted by Gasteiger charge is 2.06. The van der Waals surface area contributed by atoms with E-state index in [1.807, 2.05) is 6.07 Å². The van der Waals surface area contributed by atoms with Crippen molar-refractivity contribution in [2.24, 2.45) is 5.10 Å². The predicted molar refractivity (Wildman–Crippen MR) is 82.4 cm³/mol. The Kier molecular flexibility index (Phi) is 7.25. The van der Waals surface area contributed by atoms with Gasteiger partial charge in [-0.25, -0.2) is 5.43 Å². The summed E-state index contributed by atoms with van der Waals surface area (Å²) in [7, 11) is 0. The Hall–Kier alpha value is -2.08. The largest absolute Gasteiger partial charge is 0.466 e. The molecular formula is C14H18ClN3O3. The third kappa shape index (κ3) is 6.76. The van der Waals surface area contributed by atoms with Gasteiger partial charge in [-0.1, -0.05) is 23.7 Å². The number of hydrogen-bond donors (Lipinski definition) is 2. The molecule has 2 N–H and O–H groups in total. The fraction of sp³-hybridized carbons (Fsp3) is 0.357. The van der Waals surface area contributed by atoms with Crippen LogP contribution in [-0.4, -0.2) is 30.7 Å². The fourth-order valence-electron chi connectivity index (χ4n) is 1.44. The molecule has 0 spiro atoms. The molecule has 0 saturated heterocycles. The molecule has 0 aliphatic rings. The van der Waals surface area contributed by atoms with Crippen molar-refractivity contribution in [3.05, 3.63) is 29.3 Å². The number of nitrogens with one attached hydrogen (secondary N) is 2. The monoisotopic (exact) mass is 311 g/mol. The molecule has 114 valence electrons. The number of para-hydroxylation sites is 1. The molecule has 0 atom stereocenters. The lowest BCUT2D eigenvalue weighted by molar-refractivity contribution is -0.141. The molecule has 0 aliphatic heterocycles. The predicted octanol–water partition coefficient (Wildman–Crippen LogP) is 2.20. The Bertz CT molecular complexity index is 532. The number of hydrogen-bond acceptors (Lipinski definition) is 5. The quantitative estimate of drug-likeness (QED) is 0.459. The molecule has 1 aromatic rings. The van der Waals surface area contributed by atoms with Crippen molar-refractivity contribution < 1.29 is 14.3 Å². The van der Waals surface area contributed by atoms with E-state index in [0.717, 1.165) is 0 Å². The van der Waals surface area contributed by atoms with Crippen molar-refractivity contribution in [2.45, 2.75) is 20.3 Å². The summed E-state index contributed by atoms with van der Waals surface area (Å²) in [6, 6.07) is 7.11. The number of nitrogens with zero attached hydrogens (tertiary/aromatic N) is 1. The summed E-state index contributed by atoms with van der Waals surface area (Å²) in [6.45, 7) is 3.71. The molecule has 6 nitrogen and oxygen atoms in total. The molecule has 0 aromatic heterocycles. The molecule has 1 rings (SSSR count). The molecule has 0 bridgehead atoms. The number of esters is 1. The second-order valence-corrected chi connectivity index (χ2v) is 4.60. The molecule has 0 heterocycles. The van der Waals surface area contributed by atoms with Gasteiger partial charge in [-0.3, -0.25) is 9.59 Å². The third-order valence-corrected chi connectivity index (χ3v) is 2.72. The minimum Gasteiger partial charge on any atom is -0.466 e. The van der Waals surface area contributed by atoms with Crippen LogP contribution in [0.2, 0.25) is 5.02 Å². The highest BCUT2D eigenvalue weighted by molar-refractivity contribution is 6.33. The summed E-state index contributed by atoms with van der Waals surface area (Å²) < 4.78 is 4.78. The number of hydrazone groups is 1. The molecular weight excluding hydrogens is 294 g/mol. The van der Waals surface area contributed by atoms with Crippen LogP contribution in [0.15, 0.2) is 29.4 Å². The molecule has 0 radical (unpaired) electrons. The van der Waals surface area contributed by atoms with E-state index in [1.165, 1.54) is 0 Å². The van der Waals surface area contributed by atoms with Crippen LogP contribution in [0.25, 0.3) is 0 Å². The lowest BCUT2D eigenvalue weighted by atomic mass is 10.3. The van der Waals surface area contributed by atoms with Gasteiger partial charge >= 0.3 is 5.97 Å². The first-order valence-corrected chi connectivity index (χ1v) is 6.86. The number of ether oxygens (including phenoxy) is 1. The summed E-state index contributed by atoms with van der Waals surface area (Å²) in [4.78, 5) is 22.8. The van der Waals surface area contributed by atoms with Crippen molar-refractivity contribution in [3.8, 4) is 0 Å². The second kappa shape index (κ2) is 8.97. The lowest BCUT2D eigenvalue weighted by Gasteiger charge is -2.07. The van der Waals surface area contributed by atoms with Crippen LogP contribution in [-0.2, 0) is 14.3 Å². The van der Waals surface area contributed by atoms with E-state index in [2.05, 4.69) is 15.8 Å². The van der Waals surface area contributed by atoms with Crippen LogP contribution in [0.5, 0.6) is 0 Å². The Morgan fingerprint density at radius 1 is 1.33 bits per heavy atom. The van der Waals surface area contributed by atoms with Crippen LogP contribution in [0.1, 0.15) is 20.3 Å². The van der Waals surface area contributed by atoms with Gasteiger partial charge in [0.1, 0.15) is 0 Å². The van der Waals surface area contributed by atoms with Gasteiger partial charge in [-0.05, 0) is 26.0 Å². The van der Waals surface area contributed by atoms with E-state index in [1.54, 1.807) is 32.0 Å². The van der Waals surface area contributed by atoms with Crippen LogP contribution in [0, 0.1) is 0 Å². The molecule has 0 saturated carbocycles. The number of carbonyl (C=O) groups is 2. The number of amides is 1.